The molecule has 2 heterocycles. The largest absolute Gasteiger partial charge is 0.488 e. The fourth-order valence-corrected chi connectivity index (χ4v) is 5.12. The number of carbonyl (C=O) groups is 1. The molecule has 4 rings (SSSR count). The summed E-state index contributed by atoms with van der Waals surface area (Å²) in [4.78, 5) is 17.4. The van der Waals surface area contributed by atoms with Crippen LogP contribution in [-0.2, 0) is 11.4 Å². The minimum Gasteiger partial charge on any atom is -0.488 e. The number of nitrogens with one attached hydrogen (secondary N) is 1. The lowest BCUT2D eigenvalue weighted by atomic mass is 10.1. The van der Waals surface area contributed by atoms with E-state index in [0.29, 0.717) is 27.3 Å². The Kier molecular flexibility index (Phi) is 5.94. The molecule has 3 aromatic rings. The summed E-state index contributed by atoms with van der Waals surface area (Å²) in [6.45, 7) is 0.320. The Morgan fingerprint density at radius 1 is 1.24 bits per heavy atom. The number of Topliss-reactive ketones (excluding diaryl/α,β-unsaturated/α-hetero) is 1. The Bertz CT molecular complexity index is 1100. The van der Waals surface area contributed by atoms with Crippen molar-refractivity contribution in [3.8, 4) is 5.75 Å². The minimum atomic E-state index is -0.590. The van der Waals surface area contributed by atoms with Gasteiger partial charge in [0.25, 0.3) is 0 Å². The van der Waals surface area contributed by atoms with Gasteiger partial charge >= 0.3 is 0 Å². The van der Waals surface area contributed by atoms with E-state index < -0.39 is 5.92 Å². The van der Waals surface area contributed by atoms with Gasteiger partial charge in [0.2, 0.25) is 0 Å². The van der Waals surface area contributed by atoms with E-state index in [0.717, 1.165) is 15.6 Å². The van der Waals surface area contributed by atoms with Crippen LogP contribution in [0.2, 0.25) is 0 Å². The fourth-order valence-electron chi connectivity index (χ4n) is 2.81. The van der Waals surface area contributed by atoms with Gasteiger partial charge in [-0.15, -0.1) is 11.3 Å². The Labute approximate surface area is 183 Å². The van der Waals surface area contributed by atoms with E-state index in [1.807, 2.05) is 23.6 Å². The van der Waals surface area contributed by atoms with Gasteiger partial charge in [-0.25, -0.2) is 9.37 Å². The van der Waals surface area contributed by atoms with Gasteiger partial charge in [0.05, 0.1) is 14.4 Å². The third-order valence-electron chi connectivity index (χ3n) is 4.25. The molecular weight excluding hydrogens is 475 g/mol. The predicted molar refractivity (Wildman–Crippen MR) is 118 cm³/mol. The molecule has 1 fully saturated rings. The zero-order chi connectivity index (χ0) is 20.4. The molecule has 29 heavy (non-hydrogen) atoms. The molecule has 1 N–H and O–H groups in total. The van der Waals surface area contributed by atoms with Crippen LogP contribution in [0, 0.1) is 11.2 Å². The van der Waals surface area contributed by atoms with Gasteiger partial charge in [0.15, 0.2) is 5.78 Å². The lowest BCUT2D eigenvalue weighted by Crippen LogP contribution is -2.11. The number of hydrogen-bond donors (Lipinski definition) is 1. The molecule has 0 spiro atoms. The fraction of sp³-hybridized carbons (Fsp3) is 0.0952. The number of thiazole rings is 1. The number of allylic oxidation sites excluding steroid dienone is 1. The summed E-state index contributed by atoms with van der Waals surface area (Å²) >= 11 is 6.06. The highest BCUT2D eigenvalue weighted by Gasteiger charge is 2.38. The zero-order valence-electron chi connectivity index (χ0n) is 14.9. The molecule has 2 aromatic carbocycles. The van der Waals surface area contributed by atoms with E-state index in [1.54, 1.807) is 24.4 Å². The van der Waals surface area contributed by atoms with Crippen molar-refractivity contribution in [3.63, 3.8) is 0 Å². The quantitative estimate of drug-likeness (QED) is 0.444. The lowest BCUT2D eigenvalue weighted by molar-refractivity contribution is -0.114. The highest BCUT2D eigenvalue weighted by Crippen LogP contribution is 2.41. The van der Waals surface area contributed by atoms with Gasteiger partial charge in [-0.2, -0.15) is 0 Å². The smallest absolute Gasteiger partial charge is 0.186 e. The molecule has 1 aromatic heterocycles. The van der Waals surface area contributed by atoms with Crippen LogP contribution in [0.3, 0.4) is 0 Å². The van der Waals surface area contributed by atoms with Crippen molar-refractivity contribution in [1.82, 2.24) is 4.98 Å². The number of ketones is 1. The average Bonchev–Trinajstić information content (AvgIpc) is 3.31. The van der Waals surface area contributed by atoms with Crippen molar-refractivity contribution in [3.05, 3.63) is 85.4 Å². The third kappa shape index (κ3) is 4.49. The van der Waals surface area contributed by atoms with Gasteiger partial charge < -0.3 is 4.74 Å². The molecule has 0 aliphatic carbocycles. The highest BCUT2D eigenvalue weighted by atomic mass is 79.9. The Morgan fingerprint density at radius 2 is 2.03 bits per heavy atom. The third-order valence-corrected chi connectivity index (χ3v) is 6.70. The Hall–Kier alpha value is -2.29. The summed E-state index contributed by atoms with van der Waals surface area (Å²) in [7, 11) is 0. The number of thioether (sulfide) groups is 1. The zero-order valence-corrected chi connectivity index (χ0v) is 18.1. The van der Waals surface area contributed by atoms with E-state index >= 15 is 0 Å². The summed E-state index contributed by atoms with van der Waals surface area (Å²) in [5.41, 5.74) is 1.69. The Balaban J connectivity index is 1.48. The van der Waals surface area contributed by atoms with Gasteiger partial charge in [-0.05, 0) is 57.4 Å². The average molecular weight is 489 g/mol. The maximum Gasteiger partial charge on any atom is 0.186 e. The minimum absolute atomic E-state index is 0.0947. The molecule has 0 amide bonds. The number of ether oxygens (including phenoxy) is 1. The van der Waals surface area contributed by atoms with Crippen molar-refractivity contribution >= 4 is 55.9 Å². The molecule has 146 valence electrons. The molecule has 0 radical (unpaired) electrons. The van der Waals surface area contributed by atoms with Crippen LogP contribution in [0.1, 0.15) is 22.1 Å². The van der Waals surface area contributed by atoms with E-state index in [9.17, 15) is 9.18 Å². The Morgan fingerprint density at radius 3 is 2.72 bits per heavy atom. The SMILES string of the molecule is N=C1S/C(=C\c2ccc(OCc3ccc(F)cc3)c(Br)c2)C(=O)[C@@H]1c1nccs1. The van der Waals surface area contributed by atoms with Crippen molar-refractivity contribution in [2.24, 2.45) is 0 Å². The molecule has 1 aliphatic heterocycles. The molecule has 1 aliphatic rings. The van der Waals surface area contributed by atoms with Crippen LogP contribution in [0.4, 0.5) is 4.39 Å². The summed E-state index contributed by atoms with van der Waals surface area (Å²) in [5, 5.41) is 10.9. The number of aromatic nitrogens is 1. The predicted octanol–water partition coefficient (Wildman–Crippen LogP) is 6.04. The molecule has 0 unspecified atom stereocenters. The number of rotatable bonds is 5. The molecule has 1 saturated heterocycles. The first kappa shape index (κ1) is 20.0. The van der Waals surface area contributed by atoms with Crippen LogP contribution in [0.5, 0.6) is 5.75 Å². The summed E-state index contributed by atoms with van der Waals surface area (Å²) < 4.78 is 19.5. The topological polar surface area (TPSA) is 63.0 Å². The second kappa shape index (κ2) is 8.61. The van der Waals surface area contributed by atoms with Crippen LogP contribution in [0.25, 0.3) is 6.08 Å². The van der Waals surface area contributed by atoms with Crippen LogP contribution >= 0.6 is 39.0 Å². The number of benzene rings is 2. The number of hydrogen-bond acceptors (Lipinski definition) is 6. The molecule has 0 saturated carbocycles. The van der Waals surface area contributed by atoms with Gasteiger partial charge in [-0.1, -0.05) is 30.0 Å². The molecule has 0 bridgehead atoms. The van der Waals surface area contributed by atoms with Crippen LogP contribution < -0.4 is 4.74 Å². The maximum atomic E-state index is 13.0. The van der Waals surface area contributed by atoms with Crippen molar-refractivity contribution in [2.75, 3.05) is 0 Å². The second-order valence-corrected chi connectivity index (χ2v) is 9.11. The van der Waals surface area contributed by atoms with E-state index in [-0.39, 0.29) is 11.6 Å². The summed E-state index contributed by atoms with van der Waals surface area (Å²) in [5.74, 6) is -0.317. The van der Waals surface area contributed by atoms with Gasteiger partial charge in [0.1, 0.15) is 29.1 Å². The monoisotopic (exact) mass is 488 g/mol. The van der Waals surface area contributed by atoms with Crippen LogP contribution in [-0.4, -0.2) is 15.8 Å². The van der Waals surface area contributed by atoms with Crippen LogP contribution in [0.15, 0.2) is 63.4 Å². The molecule has 4 nitrogen and oxygen atoms in total. The first-order chi connectivity index (χ1) is 14.0. The van der Waals surface area contributed by atoms with Gasteiger partial charge in [0, 0.05) is 11.6 Å². The normalized spacial score (nSPS) is 17.9. The molecular formula is C21H14BrFN2O2S2. The standard InChI is InChI=1S/C21H14BrFN2O2S2/c22-15-9-13(3-6-16(15)27-11-12-1-4-14(23)5-2-12)10-17-19(26)18(20(24)29-17)21-25-7-8-28-21/h1-10,18,24H,11H2/b17-10-,24-20?/t18-/m0/s1. The van der Waals surface area contributed by atoms with Gasteiger partial charge in [-0.3, -0.25) is 10.2 Å². The summed E-state index contributed by atoms with van der Waals surface area (Å²) in [6, 6.07) is 11.7. The highest BCUT2D eigenvalue weighted by molar-refractivity contribution is 9.10. The number of nitrogens with zero attached hydrogens (tertiary/aromatic N) is 1. The van der Waals surface area contributed by atoms with E-state index in [4.69, 9.17) is 10.1 Å². The maximum absolute atomic E-state index is 13.0. The van der Waals surface area contributed by atoms with Crippen molar-refractivity contribution in [1.29, 1.82) is 5.41 Å². The lowest BCUT2D eigenvalue weighted by Gasteiger charge is -2.09. The number of halogens is 2. The molecule has 8 heteroatoms. The first-order valence-corrected chi connectivity index (χ1v) is 11.1. The first-order valence-electron chi connectivity index (χ1n) is 8.59. The molecule has 1 atom stereocenters. The van der Waals surface area contributed by atoms with E-state index in [1.165, 1.54) is 35.2 Å². The summed E-state index contributed by atoms with van der Waals surface area (Å²) in [6.07, 6.45) is 3.43. The van der Waals surface area contributed by atoms with Crippen molar-refractivity contribution in [2.45, 2.75) is 12.5 Å². The van der Waals surface area contributed by atoms with Crippen molar-refractivity contribution < 1.29 is 13.9 Å². The van der Waals surface area contributed by atoms with E-state index in [2.05, 4.69) is 20.9 Å². The number of carbonyl (C=O) groups excluding carboxylic acids is 1. The second-order valence-electron chi connectivity index (χ2n) is 6.25.